The number of hydrogen-bond donors (Lipinski definition) is 0. The van der Waals surface area contributed by atoms with Gasteiger partial charge in [0.25, 0.3) is 0 Å². The zero-order valence-corrected chi connectivity index (χ0v) is 8.41. The summed E-state index contributed by atoms with van der Waals surface area (Å²) in [6.07, 6.45) is 1.81. The van der Waals surface area contributed by atoms with E-state index in [0.717, 1.165) is 6.61 Å². The van der Waals surface area contributed by atoms with E-state index in [4.69, 9.17) is 14.2 Å². The summed E-state index contributed by atoms with van der Waals surface area (Å²) in [4.78, 5) is 0. The topological polar surface area (TPSA) is 31.0 Å². The molecule has 0 radical (unpaired) electrons. The van der Waals surface area contributed by atoms with Crippen molar-refractivity contribution in [2.75, 3.05) is 26.4 Å². The van der Waals surface area contributed by atoms with Crippen LogP contribution in [0, 0.1) is 5.41 Å². The van der Waals surface area contributed by atoms with E-state index in [1.807, 2.05) is 0 Å². The minimum absolute atomic E-state index is 0.0447. The third-order valence-electron chi connectivity index (χ3n) is 1.79. The van der Waals surface area contributed by atoms with Gasteiger partial charge in [0.15, 0.2) is 0 Å². The van der Waals surface area contributed by atoms with Gasteiger partial charge in [-0.05, 0) is 0 Å². The van der Waals surface area contributed by atoms with E-state index in [-0.39, 0.29) is 5.41 Å². The van der Waals surface area contributed by atoms with Gasteiger partial charge in [0.2, 0.25) is 0 Å². The summed E-state index contributed by atoms with van der Waals surface area (Å²) in [5.41, 5.74) is 0.0447. The Balaban J connectivity index is 2.04. The third kappa shape index (κ3) is 4.90. The van der Waals surface area contributed by atoms with Crippen LogP contribution in [-0.4, -0.2) is 32.5 Å². The molecule has 1 heterocycles. The van der Waals surface area contributed by atoms with Crippen molar-refractivity contribution in [2.45, 2.75) is 20.0 Å². The molecule has 0 aliphatic carbocycles. The van der Waals surface area contributed by atoms with E-state index in [1.54, 1.807) is 0 Å². The first-order chi connectivity index (χ1) is 6.14. The fourth-order valence-corrected chi connectivity index (χ4v) is 0.957. The first-order valence-electron chi connectivity index (χ1n) is 4.56. The highest BCUT2D eigenvalue weighted by Crippen LogP contribution is 2.17. The molecule has 76 valence electrons. The van der Waals surface area contributed by atoms with Crippen LogP contribution in [0.2, 0.25) is 0 Å². The number of epoxide rings is 1. The van der Waals surface area contributed by atoms with Crippen molar-refractivity contribution in [3.63, 3.8) is 0 Å². The lowest BCUT2D eigenvalue weighted by molar-refractivity contribution is 0.0177. The number of rotatable bonds is 7. The van der Waals surface area contributed by atoms with Crippen molar-refractivity contribution in [3.8, 4) is 0 Å². The van der Waals surface area contributed by atoms with Crippen LogP contribution in [0.15, 0.2) is 12.8 Å². The van der Waals surface area contributed by atoms with Gasteiger partial charge in [-0.1, -0.05) is 20.4 Å². The quantitative estimate of drug-likeness (QED) is 0.447. The molecule has 3 heteroatoms. The lowest BCUT2D eigenvalue weighted by atomic mass is 9.96. The smallest absolute Gasteiger partial charge is 0.104 e. The maximum atomic E-state index is 5.48. The molecule has 3 nitrogen and oxygen atoms in total. The molecule has 1 aliphatic heterocycles. The molecule has 0 amide bonds. The molecule has 1 rings (SSSR count). The molecule has 1 fully saturated rings. The van der Waals surface area contributed by atoms with Crippen molar-refractivity contribution < 1.29 is 14.2 Å². The van der Waals surface area contributed by atoms with E-state index in [1.165, 1.54) is 6.26 Å². The van der Waals surface area contributed by atoms with Crippen LogP contribution in [0.25, 0.3) is 0 Å². The second-order valence-corrected chi connectivity index (χ2v) is 4.11. The maximum Gasteiger partial charge on any atom is 0.104 e. The minimum Gasteiger partial charge on any atom is -0.501 e. The molecule has 0 spiro atoms. The second-order valence-electron chi connectivity index (χ2n) is 4.11. The van der Waals surface area contributed by atoms with Crippen molar-refractivity contribution in [2.24, 2.45) is 5.41 Å². The molecule has 0 bridgehead atoms. The fraction of sp³-hybridized carbons (Fsp3) is 0.800. The molecule has 1 saturated heterocycles. The van der Waals surface area contributed by atoms with E-state index in [2.05, 4.69) is 20.4 Å². The SMILES string of the molecule is C=COCC(C)(C)COCC1CO1. The Kier molecular flexibility index (Phi) is 3.75. The Morgan fingerprint density at radius 1 is 1.54 bits per heavy atom. The van der Waals surface area contributed by atoms with Crippen LogP contribution >= 0.6 is 0 Å². The molecular weight excluding hydrogens is 168 g/mol. The molecule has 1 atom stereocenters. The van der Waals surface area contributed by atoms with E-state index >= 15 is 0 Å². The second kappa shape index (κ2) is 4.63. The molecule has 1 aliphatic rings. The zero-order valence-electron chi connectivity index (χ0n) is 8.41. The predicted molar refractivity (Wildman–Crippen MR) is 50.5 cm³/mol. The number of ether oxygens (including phenoxy) is 3. The molecule has 0 aromatic heterocycles. The summed E-state index contributed by atoms with van der Waals surface area (Å²) < 4.78 is 15.6. The summed E-state index contributed by atoms with van der Waals surface area (Å²) in [6, 6.07) is 0. The lowest BCUT2D eigenvalue weighted by Crippen LogP contribution is -2.25. The van der Waals surface area contributed by atoms with Gasteiger partial charge < -0.3 is 14.2 Å². The monoisotopic (exact) mass is 186 g/mol. The lowest BCUT2D eigenvalue weighted by Gasteiger charge is -2.23. The summed E-state index contributed by atoms with van der Waals surface area (Å²) >= 11 is 0. The van der Waals surface area contributed by atoms with Crippen molar-refractivity contribution in [3.05, 3.63) is 12.8 Å². The summed E-state index contributed by atoms with van der Waals surface area (Å²) in [7, 11) is 0. The summed E-state index contributed by atoms with van der Waals surface area (Å²) in [6.45, 7) is 10.6. The highest BCUT2D eigenvalue weighted by Gasteiger charge is 2.25. The van der Waals surface area contributed by atoms with Crippen LogP contribution in [0.4, 0.5) is 0 Å². The van der Waals surface area contributed by atoms with Crippen molar-refractivity contribution >= 4 is 0 Å². The van der Waals surface area contributed by atoms with Gasteiger partial charge in [-0.3, -0.25) is 0 Å². The van der Waals surface area contributed by atoms with Gasteiger partial charge in [0.05, 0.1) is 32.7 Å². The highest BCUT2D eigenvalue weighted by atomic mass is 16.6. The van der Waals surface area contributed by atoms with Crippen LogP contribution in [-0.2, 0) is 14.2 Å². The zero-order chi connectivity index (χ0) is 9.73. The van der Waals surface area contributed by atoms with Gasteiger partial charge in [-0.25, -0.2) is 0 Å². The summed E-state index contributed by atoms with van der Waals surface area (Å²) in [5, 5.41) is 0. The predicted octanol–water partition coefficient (Wildman–Crippen LogP) is 1.59. The average Bonchev–Trinajstić information content (AvgIpc) is 2.84. The molecule has 0 saturated carbocycles. The standard InChI is InChI=1S/C10H18O3/c1-4-11-7-10(2,3)8-12-5-9-6-13-9/h4,9H,1,5-8H2,2-3H3. The molecule has 13 heavy (non-hydrogen) atoms. The van der Waals surface area contributed by atoms with Gasteiger partial charge in [-0.15, -0.1) is 0 Å². The van der Waals surface area contributed by atoms with Crippen molar-refractivity contribution in [1.82, 2.24) is 0 Å². The Labute approximate surface area is 79.7 Å². The normalized spacial score (nSPS) is 21.2. The van der Waals surface area contributed by atoms with Crippen LogP contribution in [0.3, 0.4) is 0 Å². The molecule has 0 aromatic carbocycles. The fourth-order valence-electron chi connectivity index (χ4n) is 0.957. The van der Waals surface area contributed by atoms with Gasteiger partial charge in [0.1, 0.15) is 6.10 Å². The minimum atomic E-state index is 0.0447. The van der Waals surface area contributed by atoms with E-state index < -0.39 is 0 Å². The van der Waals surface area contributed by atoms with E-state index in [9.17, 15) is 0 Å². The van der Waals surface area contributed by atoms with E-state index in [0.29, 0.717) is 25.9 Å². The first kappa shape index (κ1) is 10.5. The third-order valence-corrected chi connectivity index (χ3v) is 1.79. The van der Waals surface area contributed by atoms with Crippen LogP contribution in [0.1, 0.15) is 13.8 Å². The largest absolute Gasteiger partial charge is 0.501 e. The Morgan fingerprint density at radius 3 is 2.77 bits per heavy atom. The Bertz CT molecular complexity index is 162. The van der Waals surface area contributed by atoms with Crippen LogP contribution < -0.4 is 0 Å². The molecule has 0 N–H and O–H groups in total. The molecule has 0 aromatic rings. The van der Waals surface area contributed by atoms with Crippen molar-refractivity contribution in [1.29, 1.82) is 0 Å². The van der Waals surface area contributed by atoms with Gasteiger partial charge in [0, 0.05) is 5.41 Å². The Morgan fingerprint density at radius 2 is 2.23 bits per heavy atom. The van der Waals surface area contributed by atoms with Gasteiger partial charge >= 0.3 is 0 Å². The Hall–Kier alpha value is -0.540. The maximum absolute atomic E-state index is 5.48. The van der Waals surface area contributed by atoms with Crippen LogP contribution in [0.5, 0.6) is 0 Å². The van der Waals surface area contributed by atoms with Gasteiger partial charge in [-0.2, -0.15) is 0 Å². The highest BCUT2D eigenvalue weighted by molar-refractivity contribution is 4.71. The summed E-state index contributed by atoms with van der Waals surface area (Å²) in [5.74, 6) is 0. The average molecular weight is 186 g/mol. The first-order valence-corrected chi connectivity index (χ1v) is 4.56. The molecular formula is C10H18O3. The number of hydrogen-bond acceptors (Lipinski definition) is 3. The molecule has 1 unspecified atom stereocenters.